The lowest BCUT2D eigenvalue weighted by atomic mass is 10.0. The van der Waals surface area contributed by atoms with E-state index in [1.807, 2.05) is 51.9 Å². The van der Waals surface area contributed by atoms with Crippen LogP contribution in [0.2, 0.25) is 0 Å². The zero-order valence-electron chi connectivity index (χ0n) is 15.9. The smallest absolute Gasteiger partial charge is 0.273 e. The van der Waals surface area contributed by atoms with Crippen LogP contribution in [0, 0.1) is 11.3 Å². The van der Waals surface area contributed by atoms with Crippen LogP contribution in [0.25, 0.3) is 16.8 Å². The minimum Gasteiger partial charge on any atom is -0.330 e. The number of carbonyl (C=O) groups is 2. The van der Waals surface area contributed by atoms with Crippen molar-refractivity contribution in [1.82, 2.24) is 14.3 Å². The summed E-state index contributed by atoms with van der Waals surface area (Å²) < 4.78 is 1.84. The highest BCUT2D eigenvalue weighted by atomic mass is 16.2. The van der Waals surface area contributed by atoms with Crippen LogP contribution in [-0.4, -0.2) is 38.1 Å². The summed E-state index contributed by atoms with van der Waals surface area (Å²) in [4.78, 5) is 31.6. The highest BCUT2D eigenvalue weighted by molar-refractivity contribution is 5.96. The molecule has 6 heteroatoms. The van der Waals surface area contributed by atoms with Gasteiger partial charge in [0.2, 0.25) is 0 Å². The van der Waals surface area contributed by atoms with Crippen molar-refractivity contribution in [2.75, 3.05) is 0 Å². The molecule has 2 aliphatic rings. The molecule has 1 amide bonds. The van der Waals surface area contributed by atoms with Crippen molar-refractivity contribution in [3.8, 4) is 17.2 Å². The quantitative estimate of drug-likeness (QED) is 0.693. The van der Waals surface area contributed by atoms with Gasteiger partial charge in [-0.3, -0.25) is 14.0 Å². The number of nitriles is 1. The maximum absolute atomic E-state index is 13.3. The van der Waals surface area contributed by atoms with E-state index in [1.54, 1.807) is 6.20 Å². The number of nitrogens with zero attached hydrogens (tertiary/aromatic N) is 4. The summed E-state index contributed by atoms with van der Waals surface area (Å²) in [5, 5.41) is 8.95. The predicted octanol–water partition coefficient (Wildman–Crippen LogP) is 3.40. The molecule has 5 rings (SSSR count). The molecule has 2 aliphatic heterocycles. The molecular weight excluding hydrogens is 364 g/mol. The van der Waals surface area contributed by atoms with E-state index < -0.39 is 0 Å². The third kappa shape index (κ3) is 2.99. The molecule has 0 spiro atoms. The zero-order valence-corrected chi connectivity index (χ0v) is 15.9. The van der Waals surface area contributed by atoms with Gasteiger partial charge < -0.3 is 4.90 Å². The van der Waals surface area contributed by atoms with E-state index >= 15 is 0 Å². The highest BCUT2D eigenvalue weighted by Crippen LogP contribution is 2.35. The lowest BCUT2D eigenvalue weighted by molar-refractivity contribution is -0.122. The fraction of sp³-hybridized carbons (Fsp3) is 0.304. The average molecular weight is 384 g/mol. The number of hydrogen-bond donors (Lipinski definition) is 0. The first-order chi connectivity index (χ1) is 14.1. The van der Waals surface area contributed by atoms with Crippen LogP contribution in [0.5, 0.6) is 0 Å². The first kappa shape index (κ1) is 17.6. The van der Waals surface area contributed by atoms with Crippen molar-refractivity contribution in [3.05, 3.63) is 60.0 Å². The topological polar surface area (TPSA) is 78.5 Å². The fourth-order valence-electron chi connectivity index (χ4n) is 4.70. The van der Waals surface area contributed by atoms with Crippen molar-refractivity contribution in [2.45, 2.75) is 44.2 Å². The minimum atomic E-state index is -0.0483. The van der Waals surface area contributed by atoms with Crippen molar-refractivity contribution in [2.24, 2.45) is 0 Å². The number of aromatic nitrogens is 2. The number of carbonyl (C=O) groups excluding carboxylic acids is 2. The van der Waals surface area contributed by atoms with E-state index in [9.17, 15) is 9.59 Å². The Balaban J connectivity index is 1.52. The van der Waals surface area contributed by atoms with Crippen molar-refractivity contribution in [1.29, 1.82) is 5.26 Å². The monoisotopic (exact) mass is 384 g/mol. The number of Topliss-reactive ketones (excluding diaryl/α,β-unsaturated/α-hetero) is 1. The molecule has 3 aromatic rings. The summed E-state index contributed by atoms with van der Waals surface area (Å²) in [7, 11) is 0. The number of pyridine rings is 1. The van der Waals surface area contributed by atoms with E-state index in [-0.39, 0.29) is 23.8 Å². The van der Waals surface area contributed by atoms with E-state index in [0.29, 0.717) is 30.6 Å². The van der Waals surface area contributed by atoms with Crippen LogP contribution in [-0.2, 0) is 11.2 Å². The second kappa shape index (κ2) is 6.85. The number of hydrogen-bond acceptors (Lipinski definition) is 4. The van der Waals surface area contributed by atoms with E-state index in [2.05, 4.69) is 11.1 Å². The van der Waals surface area contributed by atoms with Crippen molar-refractivity contribution >= 4 is 17.3 Å². The van der Waals surface area contributed by atoms with Gasteiger partial charge in [0.25, 0.3) is 5.91 Å². The molecule has 2 saturated heterocycles. The minimum absolute atomic E-state index is 0.0187. The van der Waals surface area contributed by atoms with Gasteiger partial charge in [-0.2, -0.15) is 5.26 Å². The van der Waals surface area contributed by atoms with E-state index in [0.717, 1.165) is 29.5 Å². The van der Waals surface area contributed by atoms with Crippen LogP contribution < -0.4 is 0 Å². The highest BCUT2D eigenvalue weighted by Gasteiger charge is 2.43. The maximum Gasteiger partial charge on any atom is 0.273 e. The Bertz CT molecular complexity index is 1160. The molecule has 0 N–H and O–H groups in total. The Morgan fingerprint density at radius 1 is 1.14 bits per heavy atom. The molecule has 2 atom stereocenters. The largest absolute Gasteiger partial charge is 0.330 e. The second-order valence-corrected chi connectivity index (χ2v) is 7.87. The molecule has 29 heavy (non-hydrogen) atoms. The Labute approximate surface area is 168 Å². The number of fused-ring (bicyclic) bond motifs is 3. The average Bonchev–Trinajstić information content (AvgIpc) is 3.26. The molecule has 1 aromatic carbocycles. The molecule has 0 saturated carbocycles. The van der Waals surface area contributed by atoms with Crippen LogP contribution in [0.3, 0.4) is 0 Å². The standard InChI is InChI=1S/C23H20N4O2/c24-9-8-15-2-1-3-16(10-15)17-4-7-22-25-13-21(26(22)14-17)23(29)27-18-5-6-19(27)12-20(28)11-18/h1-4,7,10,13-14,18-19H,5-6,8,11-12H2/t18-,19-/m1/s1. The molecule has 4 heterocycles. The second-order valence-electron chi connectivity index (χ2n) is 7.87. The third-order valence-corrected chi connectivity index (χ3v) is 6.05. The number of piperidine rings is 1. The summed E-state index contributed by atoms with van der Waals surface area (Å²) in [6.45, 7) is 0. The molecule has 144 valence electrons. The maximum atomic E-state index is 13.3. The Morgan fingerprint density at radius 2 is 1.93 bits per heavy atom. The lowest BCUT2D eigenvalue weighted by Crippen LogP contribution is -2.47. The van der Waals surface area contributed by atoms with Gasteiger partial charge in [-0.15, -0.1) is 0 Å². The first-order valence-electron chi connectivity index (χ1n) is 9.92. The molecule has 0 radical (unpaired) electrons. The van der Waals surface area contributed by atoms with Gasteiger partial charge in [0.1, 0.15) is 17.1 Å². The summed E-state index contributed by atoms with van der Waals surface area (Å²) in [6.07, 6.45) is 6.65. The molecule has 0 unspecified atom stereocenters. The summed E-state index contributed by atoms with van der Waals surface area (Å²) in [6, 6.07) is 14.0. The van der Waals surface area contributed by atoms with Crippen LogP contribution in [0.1, 0.15) is 41.7 Å². The Hall–Kier alpha value is -3.46. The number of amides is 1. The lowest BCUT2D eigenvalue weighted by Gasteiger charge is -2.33. The van der Waals surface area contributed by atoms with Gasteiger partial charge in [0.15, 0.2) is 0 Å². The van der Waals surface area contributed by atoms with E-state index in [4.69, 9.17) is 5.26 Å². The van der Waals surface area contributed by atoms with Gasteiger partial charge in [-0.05, 0) is 41.7 Å². The normalized spacial score (nSPS) is 20.8. The first-order valence-corrected chi connectivity index (χ1v) is 9.92. The van der Waals surface area contributed by atoms with Gasteiger partial charge in [0.05, 0.1) is 18.7 Å². The fourth-order valence-corrected chi connectivity index (χ4v) is 4.70. The number of benzene rings is 1. The Kier molecular flexibility index (Phi) is 4.17. The number of imidazole rings is 1. The Morgan fingerprint density at radius 3 is 2.69 bits per heavy atom. The molecular formula is C23H20N4O2. The van der Waals surface area contributed by atoms with E-state index in [1.165, 1.54) is 0 Å². The summed E-state index contributed by atoms with van der Waals surface area (Å²) >= 11 is 0. The molecule has 6 nitrogen and oxygen atoms in total. The van der Waals surface area contributed by atoms with Crippen LogP contribution in [0.15, 0.2) is 48.8 Å². The predicted molar refractivity (Wildman–Crippen MR) is 107 cm³/mol. The van der Waals surface area contributed by atoms with Gasteiger partial charge in [0, 0.05) is 31.1 Å². The molecule has 2 bridgehead atoms. The van der Waals surface area contributed by atoms with Crippen molar-refractivity contribution < 1.29 is 9.59 Å². The number of rotatable bonds is 3. The zero-order chi connectivity index (χ0) is 20.0. The SMILES string of the molecule is N#CCc1cccc(-c2ccc3ncc(C(=O)N4[C@@H]5CC[C@@H]4CC(=O)C5)n3c2)c1. The van der Waals surface area contributed by atoms with Crippen LogP contribution >= 0.6 is 0 Å². The summed E-state index contributed by atoms with van der Waals surface area (Å²) in [5.74, 6) is 0.215. The summed E-state index contributed by atoms with van der Waals surface area (Å²) in [5.41, 5.74) is 4.16. The molecule has 2 fully saturated rings. The van der Waals surface area contributed by atoms with Crippen molar-refractivity contribution in [3.63, 3.8) is 0 Å². The molecule has 2 aromatic heterocycles. The third-order valence-electron chi connectivity index (χ3n) is 6.05. The van der Waals surface area contributed by atoms with Crippen LogP contribution in [0.4, 0.5) is 0 Å². The van der Waals surface area contributed by atoms with Gasteiger partial charge in [-0.25, -0.2) is 4.98 Å². The van der Waals surface area contributed by atoms with Gasteiger partial charge in [-0.1, -0.05) is 24.3 Å². The molecule has 0 aliphatic carbocycles. The van der Waals surface area contributed by atoms with Gasteiger partial charge >= 0.3 is 0 Å². The number of ketones is 1.